The summed E-state index contributed by atoms with van der Waals surface area (Å²) in [5.74, 6) is 0.806. The third kappa shape index (κ3) is 4.75. The number of amides is 1. The Hall–Kier alpha value is -2.59. The van der Waals surface area contributed by atoms with E-state index in [1.807, 2.05) is 30.0 Å². The second-order valence-electron chi connectivity index (χ2n) is 9.31. The number of allylic oxidation sites excluding steroid dienone is 1. The number of carbonyl (C=O) groups excluding carboxylic acids is 1. The van der Waals surface area contributed by atoms with Crippen LogP contribution in [0.3, 0.4) is 0 Å². The molecule has 170 valence electrons. The SMILES string of the molecule is COc1c(C)cccc1C(=O)N1CCC(N2CCC(=C(C)c3ccc(C)cc3)CC2)CC1. The van der Waals surface area contributed by atoms with Crippen LogP contribution in [-0.2, 0) is 0 Å². The van der Waals surface area contributed by atoms with E-state index < -0.39 is 0 Å². The molecule has 0 aliphatic carbocycles. The molecule has 2 aliphatic heterocycles. The molecule has 2 fully saturated rings. The topological polar surface area (TPSA) is 32.8 Å². The van der Waals surface area contributed by atoms with Gasteiger partial charge in [-0.2, -0.15) is 0 Å². The third-order valence-electron chi connectivity index (χ3n) is 7.33. The average molecular weight is 433 g/mol. The van der Waals surface area contributed by atoms with Gasteiger partial charge in [0.2, 0.25) is 0 Å². The first-order valence-electron chi connectivity index (χ1n) is 11.9. The molecule has 0 spiro atoms. The standard InChI is InChI=1S/C28H36N2O2/c1-20-8-10-23(11-9-20)22(3)24-12-16-29(17-13-24)25-14-18-30(19-15-25)28(31)26-7-5-6-21(2)27(26)32-4/h5-11,25H,12-19H2,1-4H3. The zero-order chi connectivity index (χ0) is 22.7. The highest BCUT2D eigenvalue weighted by molar-refractivity contribution is 5.97. The molecule has 2 saturated heterocycles. The minimum atomic E-state index is 0.0987. The Morgan fingerprint density at radius 2 is 1.59 bits per heavy atom. The molecule has 0 atom stereocenters. The van der Waals surface area contributed by atoms with Gasteiger partial charge in [-0.25, -0.2) is 0 Å². The van der Waals surface area contributed by atoms with E-state index in [2.05, 4.69) is 43.0 Å². The molecule has 2 aromatic rings. The van der Waals surface area contributed by atoms with Gasteiger partial charge in [-0.05, 0) is 69.2 Å². The molecule has 4 rings (SSSR count). The highest BCUT2D eigenvalue weighted by Gasteiger charge is 2.30. The lowest BCUT2D eigenvalue weighted by Gasteiger charge is -2.41. The maximum atomic E-state index is 13.1. The molecular formula is C28H36N2O2. The van der Waals surface area contributed by atoms with Gasteiger partial charge >= 0.3 is 0 Å². The van der Waals surface area contributed by atoms with Crippen molar-refractivity contribution in [2.45, 2.75) is 52.5 Å². The smallest absolute Gasteiger partial charge is 0.257 e. The summed E-state index contributed by atoms with van der Waals surface area (Å²) in [6.07, 6.45) is 4.41. The van der Waals surface area contributed by atoms with Crippen molar-refractivity contribution in [2.75, 3.05) is 33.3 Å². The number of nitrogens with zero attached hydrogens (tertiary/aromatic N) is 2. The summed E-state index contributed by atoms with van der Waals surface area (Å²) in [4.78, 5) is 17.8. The summed E-state index contributed by atoms with van der Waals surface area (Å²) in [5, 5.41) is 0. The van der Waals surface area contributed by atoms with Crippen molar-refractivity contribution < 1.29 is 9.53 Å². The molecule has 0 bridgehead atoms. The molecule has 2 heterocycles. The Labute approximate surface area is 192 Å². The highest BCUT2D eigenvalue weighted by atomic mass is 16.5. The van der Waals surface area contributed by atoms with E-state index in [9.17, 15) is 4.79 Å². The van der Waals surface area contributed by atoms with Gasteiger partial charge in [-0.3, -0.25) is 9.69 Å². The van der Waals surface area contributed by atoms with E-state index >= 15 is 0 Å². The number of rotatable bonds is 4. The number of para-hydroxylation sites is 1. The van der Waals surface area contributed by atoms with E-state index in [0.717, 1.165) is 57.4 Å². The first kappa shape index (κ1) is 22.6. The Morgan fingerprint density at radius 1 is 0.938 bits per heavy atom. The second kappa shape index (κ2) is 9.91. The van der Waals surface area contributed by atoms with Gasteiger partial charge in [-0.15, -0.1) is 0 Å². The number of benzene rings is 2. The molecule has 2 aliphatic rings. The van der Waals surface area contributed by atoms with Crippen LogP contribution in [0, 0.1) is 13.8 Å². The summed E-state index contributed by atoms with van der Waals surface area (Å²) in [6, 6.07) is 15.3. The third-order valence-corrected chi connectivity index (χ3v) is 7.33. The highest BCUT2D eigenvalue weighted by Crippen LogP contribution is 2.30. The monoisotopic (exact) mass is 432 g/mol. The van der Waals surface area contributed by atoms with E-state index in [1.54, 1.807) is 12.7 Å². The Kier molecular flexibility index (Phi) is 7.00. The Balaban J connectivity index is 1.33. The van der Waals surface area contributed by atoms with Crippen LogP contribution in [0.2, 0.25) is 0 Å². The van der Waals surface area contributed by atoms with Crippen LogP contribution in [-0.4, -0.2) is 55.0 Å². The van der Waals surface area contributed by atoms with E-state index in [0.29, 0.717) is 17.4 Å². The van der Waals surface area contributed by atoms with Crippen LogP contribution in [0.15, 0.2) is 48.0 Å². The van der Waals surface area contributed by atoms with E-state index in [-0.39, 0.29) is 5.91 Å². The summed E-state index contributed by atoms with van der Waals surface area (Å²) in [6.45, 7) is 10.3. The van der Waals surface area contributed by atoms with Gasteiger partial charge in [0.1, 0.15) is 5.75 Å². The zero-order valence-corrected chi connectivity index (χ0v) is 20.0. The number of ether oxygens (including phenoxy) is 1. The number of hydrogen-bond acceptors (Lipinski definition) is 3. The second-order valence-corrected chi connectivity index (χ2v) is 9.31. The van der Waals surface area contributed by atoms with Crippen LogP contribution in [0.5, 0.6) is 5.75 Å². The average Bonchev–Trinajstić information content (AvgIpc) is 2.83. The minimum Gasteiger partial charge on any atom is -0.496 e. The van der Waals surface area contributed by atoms with Crippen LogP contribution < -0.4 is 4.74 Å². The number of methoxy groups -OCH3 is 1. The van der Waals surface area contributed by atoms with Crippen LogP contribution in [0.4, 0.5) is 0 Å². The molecule has 1 amide bonds. The van der Waals surface area contributed by atoms with E-state index in [1.165, 1.54) is 16.7 Å². The lowest BCUT2D eigenvalue weighted by atomic mass is 9.92. The van der Waals surface area contributed by atoms with Crippen molar-refractivity contribution in [3.8, 4) is 5.75 Å². The predicted octanol–water partition coefficient (Wildman–Crippen LogP) is 5.49. The number of likely N-dealkylation sites (tertiary alicyclic amines) is 2. The lowest BCUT2D eigenvalue weighted by molar-refractivity contribution is 0.0605. The fourth-order valence-electron chi connectivity index (χ4n) is 5.24. The van der Waals surface area contributed by atoms with Crippen LogP contribution in [0.25, 0.3) is 5.57 Å². The van der Waals surface area contributed by atoms with Crippen molar-refractivity contribution in [3.05, 3.63) is 70.3 Å². The number of piperidine rings is 2. The van der Waals surface area contributed by atoms with Gasteiger partial charge in [0, 0.05) is 32.2 Å². The zero-order valence-electron chi connectivity index (χ0n) is 20.0. The predicted molar refractivity (Wildman–Crippen MR) is 131 cm³/mol. The normalized spacial score (nSPS) is 18.0. The maximum Gasteiger partial charge on any atom is 0.257 e. The fourth-order valence-corrected chi connectivity index (χ4v) is 5.24. The molecule has 32 heavy (non-hydrogen) atoms. The lowest BCUT2D eigenvalue weighted by Crippen LogP contribution is -2.48. The van der Waals surface area contributed by atoms with Gasteiger partial charge in [0.15, 0.2) is 0 Å². The molecule has 2 aromatic carbocycles. The van der Waals surface area contributed by atoms with Crippen molar-refractivity contribution in [1.82, 2.24) is 9.80 Å². The Morgan fingerprint density at radius 3 is 2.22 bits per heavy atom. The molecular weight excluding hydrogens is 396 g/mol. The quantitative estimate of drug-likeness (QED) is 0.641. The number of aryl methyl sites for hydroxylation is 2. The van der Waals surface area contributed by atoms with E-state index in [4.69, 9.17) is 4.74 Å². The number of carbonyl (C=O) groups is 1. The summed E-state index contributed by atoms with van der Waals surface area (Å²) in [7, 11) is 1.64. The van der Waals surface area contributed by atoms with Crippen molar-refractivity contribution in [2.24, 2.45) is 0 Å². The van der Waals surface area contributed by atoms with Crippen LogP contribution in [0.1, 0.15) is 59.7 Å². The maximum absolute atomic E-state index is 13.1. The molecule has 0 N–H and O–H groups in total. The van der Waals surface area contributed by atoms with Gasteiger partial charge < -0.3 is 9.64 Å². The van der Waals surface area contributed by atoms with Gasteiger partial charge in [0.25, 0.3) is 5.91 Å². The molecule has 4 heteroatoms. The summed E-state index contributed by atoms with van der Waals surface area (Å²) < 4.78 is 5.51. The molecule has 4 nitrogen and oxygen atoms in total. The Bertz CT molecular complexity index is 975. The van der Waals surface area contributed by atoms with Crippen LogP contribution >= 0.6 is 0 Å². The molecule has 0 unspecified atom stereocenters. The summed E-state index contributed by atoms with van der Waals surface area (Å²) >= 11 is 0. The van der Waals surface area contributed by atoms with Crippen molar-refractivity contribution >= 4 is 11.5 Å². The molecule has 0 saturated carbocycles. The first-order chi connectivity index (χ1) is 15.5. The summed E-state index contributed by atoms with van der Waals surface area (Å²) in [5.41, 5.74) is 7.42. The molecule has 0 aromatic heterocycles. The van der Waals surface area contributed by atoms with Crippen molar-refractivity contribution in [1.29, 1.82) is 0 Å². The van der Waals surface area contributed by atoms with Gasteiger partial charge in [0.05, 0.1) is 12.7 Å². The van der Waals surface area contributed by atoms with Crippen molar-refractivity contribution in [3.63, 3.8) is 0 Å². The largest absolute Gasteiger partial charge is 0.496 e. The van der Waals surface area contributed by atoms with Gasteiger partial charge in [-0.1, -0.05) is 47.5 Å². The number of hydrogen-bond donors (Lipinski definition) is 0. The fraction of sp³-hybridized carbons (Fsp3) is 0.464. The first-order valence-corrected chi connectivity index (χ1v) is 11.9. The minimum absolute atomic E-state index is 0.0987. The molecule has 0 radical (unpaired) electrons.